The smallest absolute Gasteiger partial charge is 0.334 e. The van der Waals surface area contributed by atoms with Crippen LogP contribution in [0.3, 0.4) is 0 Å². The van der Waals surface area contributed by atoms with Gasteiger partial charge in [0.2, 0.25) is 0 Å². The first-order chi connectivity index (χ1) is 9.63. The minimum absolute atomic E-state index is 0.0134. The van der Waals surface area contributed by atoms with Crippen molar-refractivity contribution in [2.45, 2.75) is 19.5 Å². The molecule has 6 heteroatoms. The van der Waals surface area contributed by atoms with Gasteiger partial charge < -0.3 is 4.98 Å². The van der Waals surface area contributed by atoms with Crippen LogP contribution in [-0.2, 0) is 19.5 Å². The number of terminal acetylenes is 3. The minimum Gasteiger partial charge on any atom is -0.335 e. The van der Waals surface area contributed by atoms with Crippen molar-refractivity contribution in [2.24, 2.45) is 0 Å². The Hall–Kier alpha value is -3.17. The van der Waals surface area contributed by atoms with E-state index in [-0.39, 0.29) is 30.7 Å². The second-order valence-electron chi connectivity index (χ2n) is 3.93. The van der Waals surface area contributed by atoms with Gasteiger partial charge in [-0.2, -0.15) is 0 Å². The molecular weight excluding hydrogens is 256 g/mol. The van der Waals surface area contributed by atoms with Crippen molar-refractivity contribution in [2.75, 3.05) is 0 Å². The fraction of sp³-hybridized carbons (Fsp3) is 0.214. The van der Waals surface area contributed by atoms with Crippen LogP contribution >= 0.6 is 0 Å². The van der Waals surface area contributed by atoms with Crippen molar-refractivity contribution >= 4 is 11.2 Å². The van der Waals surface area contributed by atoms with Crippen LogP contribution in [0.1, 0.15) is 5.82 Å². The van der Waals surface area contributed by atoms with Gasteiger partial charge in [-0.3, -0.25) is 9.36 Å². The topological polar surface area (TPSA) is 72.7 Å². The van der Waals surface area contributed by atoms with E-state index in [0.29, 0.717) is 5.82 Å². The van der Waals surface area contributed by atoms with Gasteiger partial charge in [0, 0.05) is 0 Å². The number of aromatic amines is 1. The lowest BCUT2D eigenvalue weighted by Gasteiger charge is -2.06. The van der Waals surface area contributed by atoms with Gasteiger partial charge in [-0.15, -0.1) is 19.3 Å². The number of hydrogen-bond acceptors (Lipinski definition) is 3. The largest absolute Gasteiger partial charge is 0.335 e. The van der Waals surface area contributed by atoms with Gasteiger partial charge in [0.25, 0.3) is 5.56 Å². The number of rotatable bonds is 3. The summed E-state index contributed by atoms with van der Waals surface area (Å²) in [6.07, 6.45) is 15.8. The molecule has 0 spiro atoms. The quantitative estimate of drug-likeness (QED) is 0.749. The summed E-state index contributed by atoms with van der Waals surface area (Å²) in [6.45, 7) is -0.151. The summed E-state index contributed by atoms with van der Waals surface area (Å²) in [5.41, 5.74) is -0.763. The summed E-state index contributed by atoms with van der Waals surface area (Å²) in [5.74, 6) is 7.44. The van der Waals surface area contributed by atoms with Crippen LogP contribution in [0.5, 0.6) is 0 Å². The number of aromatic nitrogens is 4. The monoisotopic (exact) mass is 266 g/mol. The van der Waals surface area contributed by atoms with E-state index in [1.807, 2.05) is 0 Å². The highest BCUT2D eigenvalue weighted by Gasteiger charge is 2.15. The van der Waals surface area contributed by atoms with Gasteiger partial charge in [-0.05, 0) is 0 Å². The molecule has 2 aromatic heterocycles. The average Bonchev–Trinajstić information content (AvgIpc) is 2.84. The predicted molar refractivity (Wildman–Crippen MR) is 74.8 cm³/mol. The normalized spacial score (nSPS) is 9.85. The Bertz CT molecular complexity index is 906. The molecule has 0 amide bonds. The molecular formula is C14H10N4O2. The van der Waals surface area contributed by atoms with Crippen LogP contribution in [0.25, 0.3) is 11.2 Å². The first kappa shape index (κ1) is 13.3. The Balaban J connectivity index is 2.90. The zero-order valence-electron chi connectivity index (χ0n) is 10.5. The average molecular weight is 266 g/mol. The zero-order chi connectivity index (χ0) is 14.7. The second kappa shape index (κ2) is 5.22. The molecule has 0 atom stereocenters. The standard InChI is InChI=1S/C14H10N4O2/c1-4-7-10-15-11-12(16-10)17(8-5-2)14(20)18(9-6-3)13(11)19/h1-3H,7-9H2,(H,15,16). The zero-order valence-corrected chi connectivity index (χ0v) is 10.5. The van der Waals surface area contributed by atoms with Gasteiger partial charge in [-0.1, -0.05) is 17.8 Å². The molecule has 2 aromatic rings. The van der Waals surface area contributed by atoms with Crippen molar-refractivity contribution in [3.63, 3.8) is 0 Å². The van der Waals surface area contributed by atoms with E-state index in [2.05, 4.69) is 27.7 Å². The summed E-state index contributed by atoms with van der Waals surface area (Å²) in [6, 6.07) is 0. The van der Waals surface area contributed by atoms with E-state index in [1.165, 1.54) is 4.57 Å². The van der Waals surface area contributed by atoms with Gasteiger partial charge >= 0.3 is 5.69 Å². The minimum atomic E-state index is -0.586. The van der Waals surface area contributed by atoms with E-state index in [9.17, 15) is 9.59 Å². The third kappa shape index (κ3) is 1.98. The number of imidazole rings is 1. The van der Waals surface area contributed by atoms with Crippen molar-refractivity contribution in [3.05, 3.63) is 26.7 Å². The molecule has 20 heavy (non-hydrogen) atoms. The third-order valence-electron chi connectivity index (χ3n) is 2.68. The fourth-order valence-corrected chi connectivity index (χ4v) is 1.86. The van der Waals surface area contributed by atoms with Crippen molar-refractivity contribution in [1.29, 1.82) is 0 Å². The van der Waals surface area contributed by atoms with E-state index >= 15 is 0 Å². The van der Waals surface area contributed by atoms with E-state index in [4.69, 9.17) is 19.3 Å². The van der Waals surface area contributed by atoms with E-state index in [0.717, 1.165) is 4.57 Å². The van der Waals surface area contributed by atoms with Gasteiger partial charge in [0.1, 0.15) is 11.3 Å². The number of H-pyrrole nitrogens is 1. The Morgan fingerprint density at radius 1 is 1.05 bits per heavy atom. The predicted octanol–water partition coefficient (Wildman–Crippen LogP) is -0.672. The molecule has 2 heterocycles. The molecule has 0 aliphatic carbocycles. The molecule has 6 nitrogen and oxygen atoms in total. The lowest BCUT2D eigenvalue weighted by atomic mass is 10.4. The summed E-state index contributed by atoms with van der Waals surface area (Å²) in [4.78, 5) is 31.3. The molecule has 2 rings (SSSR count). The van der Waals surface area contributed by atoms with Crippen molar-refractivity contribution in [3.8, 4) is 37.0 Å². The Labute approximate surface area is 114 Å². The Kier molecular flexibility index (Phi) is 3.46. The molecule has 0 saturated carbocycles. The second-order valence-corrected chi connectivity index (χ2v) is 3.93. The first-order valence-electron chi connectivity index (χ1n) is 5.66. The van der Waals surface area contributed by atoms with E-state index in [1.54, 1.807) is 0 Å². The maximum atomic E-state index is 12.2. The molecule has 1 N–H and O–H groups in total. The Morgan fingerprint density at radius 2 is 1.70 bits per heavy atom. The summed E-state index contributed by atoms with van der Waals surface area (Å²) < 4.78 is 2.14. The molecule has 98 valence electrons. The molecule has 0 fully saturated rings. The van der Waals surface area contributed by atoms with Gasteiger partial charge in [-0.25, -0.2) is 14.3 Å². The molecule has 0 radical (unpaired) electrons. The van der Waals surface area contributed by atoms with Crippen LogP contribution in [0, 0.1) is 37.0 Å². The van der Waals surface area contributed by atoms with Crippen LogP contribution in [0.4, 0.5) is 0 Å². The Morgan fingerprint density at radius 3 is 2.30 bits per heavy atom. The molecule has 0 saturated heterocycles. The van der Waals surface area contributed by atoms with Crippen molar-refractivity contribution in [1.82, 2.24) is 19.1 Å². The van der Waals surface area contributed by atoms with Crippen LogP contribution in [0.2, 0.25) is 0 Å². The van der Waals surface area contributed by atoms with Gasteiger partial charge in [0.15, 0.2) is 5.65 Å². The van der Waals surface area contributed by atoms with Crippen LogP contribution < -0.4 is 11.2 Å². The SMILES string of the molecule is C#CCc1nc2c([nH]1)c(=O)n(CC#C)c(=O)n2CC#C. The van der Waals surface area contributed by atoms with Crippen LogP contribution in [0.15, 0.2) is 9.59 Å². The fourth-order valence-electron chi connectivity index (χ4n) is 1.86. The molecule has 0 unspecified atom stereocenters. The number of hydrogen-bond donors (Lipinski definition) is 1. The molecule has 0 aliphatic rings. The number of fused-ring (bicyclic) bond motifs is 1. The highest BCUT2D eigenvalue weighted by atomic mass is 16.2. The van der Waals surface area contributed by atoms with Gasteiger partial charge in [0.05, 0.1) is 19.5 Å². The van der Waals surface area contributed by atoms with Crippen LogP contribution in [-0.4, -0.2) is 19.1 Å². The maximum Gasteiger partial charge on any atom is 0.334 e. The maximum absolute atomic E-state index is 12.2. The summed E-state index contributed by atoms with van der Waals surface area (Å²) >= 11 is 0. The summed E-state index contributed by atoms with van der Waals surface area (Å²) in [7, 11) is 0. The number of nitrogens with one attached hydrogen (secondary N) is 1. The highest BCUT2D eigenvalue weighted by molar-refractivity contribution is 5.70. The van der Waals surface area contributed by atoms with Crippen molar-refractivity contribution < 1.29 is 0 Å². The lowest BCUT2D eigenvalue weighted by Crippen LogP contribution is -2.39. The third-order valence-corrected chi connectivity index (χ3v) is 2.68. The highest BCUT2D eigenvalue weighted by Crippen LogP contribution is 2.05. The molecule has 0 aromatic carbocycles. The van der Waals surface area contributed by atoms with E-state index < -0.39 is 11.2 Å². The first-order valence-corrected chi connectivity index (χ1v) is 5.66. The number of nitrogens with zero attached hydrogens (tertiary/aromatic N) is 3. The molecule has 0 bridgehead atoms. The molecule has 0 aliphatic heterocycles. The summed E-state index contributed by atoms with van der Waals surface area (Å²) in [5, 5.41) is 0. The lowest BCUT2D eigenvalue weighted by molar-refractivity contribution is 0.658.